The summed E-state index contributed by atoms with van der Waals surface area (Å²) in [5.74, 6) is -0.262. The Morgan fingerprint density at radius 1 is 0.958 bits per heavy atom. The number of rotatable bonds is 4. The van der Waals surface area contributed by atoms with Crippen LogP contribution >= 0.6 is 11.3 Å². The van der Waals surface area contributed by atoms with Gasteiger partial charge >= 0.3 is 0 Å². The largest absolute Gasteiger partial charge is 0.321 e. The molecule has 0 spiro atoms. The van der Waals surface area contributed by atoms with E-state index in [9.17, 15) is 9.59 Å². The van der Waals surface area contributed by atoms with Crippen molar-refractivity contribution in [2.24, 2.45) is 0 Å². The first-order valence-electron chi connectivity index (χ1n) is 7.62. The summed E-state index contributed by atoms with van der Waals surface area (Å²) in [6.07, 6.45) is 0. The fourth-order valence-corrected chi connectivity index (χ4v) is 3.32. The van der Waals surface area contributed by atoms with E-state index in [0.717, 1.165) is 11.1 Å². The van der Waals surface area contributed by atoms with Crippen LogP contribution in [0.25, 0.3) is 11.1 Å². The summed E-state index contributed by atoms with van der Waals surface area (Å²) in [6.45, 7) is 3.56. The van der Waals surface area contributed by atoms with E-state index < -0.39 is 0 Å². The van der Waals surface area contributed by atoms with Crippen molar-refractivity contribution >= 4 is 28.7 Å². The smallest absolute Gasteiger partial charge is 0.255 e. The zero-order valence-corrected chi connectivity index (χ0v) is 14.3. The second-order valence-electron chi connectivity index (χ2n) is 5.57. The lowest BCUT2D eigenvalue weighted by Crippen LogP contribution is -2.12. The van der Waals surface area contributed by atoms with Gasteiger partial charge in [-0.25, -0.2) is 0 Å². The highest BCUT2D eigenvalue weighted by atomic mass is 32.1. The molecule has 0 fully saturated rings. The molecule has 24 heavy (non-hydrogen) atoms. The predicted molar refractivity (Wildman–Crippen MR) is 98.9 cm³/mol. The summed E-state index contributed by atoms with van der Waals surface area (Å²) in [6, 6.07) is 17.4. The lowest BCUT2D eigenvalue weighted by molar-refractivity contribution is 0.102. The van der Waals surface area contributed by atoms with Gasteiger partial charge in [-0.3, -0.25) is 9.59 Å². The van der Waals surface area contributed by atoms with E-state index in [-0.39, 0.29) is 11.7 Å². The van der Waals surface area contributed by atoms with Crippen molar-refractivity contribution < 1.29 is 9.59 Å². The lowest BCUT2D eigenvalue weighted by Gasteiger charge is -2.08. The minimum absolute atomic E-state index is 0.0461. The van der Waals surface area contributed by atoms with E-state index in [2.05, 4.69) is 24.4 Å². The summed E-state index contributed by atoms with van der Waals surface area (Å²) >= 11 is 1.33. The number of benzene rings is 2. The van der Waals surface area contributed by atoms with E-state index in [1.54, 1.807) is 23.6 Å². The highest BCUT2D eigenvalue weighted by molar-refractivity contribution is 7.12. The van der Waals surface area contributed by atoms with Crippen molar-refractivity contribution in [3.8, 4) is 11.1 Å². The van der Waals surface area contributed by atoms with Gasteiger partial charge in [0.05, 0.1) is 10.6 Å². The fourth-order valence-electron chi connectivity index (χ4n) is 2.57. The number of Topliss-reactive ketones (excluding diaryl/α,β-unsaturated/α-hetero) is 1. The molecule has 1 N–H and O–H groups in total. The Hall–Kier alpha value is -2.72. The Morgan fingerprint density at radius 3 is 2.33 bits per heavy atom. The minimum atomic E-state index is -0.216. The third kappa shape index (κ3) is 3.29. The first kappa shape index (κ1) is 16.1. The van der Waals surface area contributed by atoms with Gasteiger partial charge in [-0.2, -0.15) is 0 Å². The Balaban J connectivity index is 1.81. The number of carbonyl (C=O) groups is 2. The highest BCUT2D eigenvalue weighted by Crippen LogP contribution is 2.25. The molecule has 0 atom stereocenters. The molecule has 0 aliphatic carbocycles. The van der Waals surface area contributed by atoms with Gasteiger partial charge in [0.2, 0.25) is 0 Å². The Labute approximate surface area is 145 Å². The van der Waals surface area contributed by atoms with Crippen molar-refractivity contribution in [2.45, 2.75) is 13.8 Å². The van der Waals surface area contributed by atoms with E-state index in [1.807, 2.05) is 24.3 Å². The van der Waals surface area contributed by atoms with Crippen LogP contribution in [0.3, 0.4) is 0 Å². The number of hydrogen-bond donors (Lipinski definition) is 1. The molecule has 120 valence electrons. The van der Waals surface area contributed by atoms with Gasteiger partial charge in [-0.15, -0.1) is 11.3 Å². The van der Waals surface area contributed by atoms with E-state index in [4.69, 9.17) is 0 Å². The van der Waals surface area contributed by atoms with Crippen LogP contribution in [0.5, 0.6) is 0 Å². The molecule has 0 radical (unpaired) electrons. The number of anilines is 1. The second-order valence-corrected chi connectivity index (χ2v) is 6.48. The normalized spacial score (nSPS) is 10.4. The molecule has 0 saturated carbocycles. The van der Waals surface area contributed by atoms with Crippen molar-refractivity contribution in [2.75, 3.05) is 5.32 Å². The van der Waals surface area contributed by atoms with Crippen LogP contribution in [0.4, 0.5) is 5.69 Å². The molecule has 1 aromatic heterocycles. The molecule has 0 bridgehead atoms. The van der Waals surface area contributed by atoms with E-state index >= 15 is 0 Å². The molecule has 3 rings (SSSR count). The molecule has 0 saturated heterocycles. The Kier molecular flexibility index (Phi) is 4.58. The second kappa shape index (κ2) is 6.81. The van der Waals surface area contributed by atoms with Gasteiger partial charge in [0.15, 0.2) is 5.78 Å². The predicted octanol–water partition coefficient (Wildman–Crippen LogP) is 5.18. The molecule has 0 unspecified atom stereocenters. The van der Waals surface area contributed by atoms with Crippen LogP contribution in [-0.4, -0.2) is 11.7 Å². The van der Waals surface area contributed by atoms with Crippen LogP contribution in [0.15, 0.2) is 60.0 Å². The summed E-state index contributed by atoms with van der Waals surface area (Å²) in [5, 5.41) is 4.61. The average molecular weight is 335 g/mol. The summed E-state index contributed by atoms with van der Waals surface area (Å²) in [7, 11) is 0. The summed E-state index contributed by atoms with van der Waals surface area (Å²) < 4.78 is 0. The molecule has 2 aromatic carbocycles. The number of amides is 1. The van der Waals surface area contributed by atoms with Crippen LogP contribution in [0.2, 0.25) is 0 Å². The molecule has 1 amide bonds. The van der Waals surface area contributed by atoms with Crippen LogP contribution < -0.4 is 5.32 Å². The van der Waals surface area contributed by atoms with E-state index in [1.165, 1.54) is 23.8 Å². The lowest BCUT2D eigenvalue weighted by atomic mass is 9.99. The molecule has 3 nitrogen and oxygen atoms in total. The zero-order valence-electron chi connectivity index (χ0n) is 13.5. The molecule has 1 heterocycles. The fraction of sp³-hybridized carbons (Fsp3) is 0.100. The maximum Gasteiger partial charge on any atom is 0.255 e. The average Bonchev–Trinajstić information content (AvgIpc) is 3.04. The maximum atomic E-state index is 12.4. The van der Waals surface area contributed by atoms with Gasteiger partial charge in [0.25, 0.3) is 5.91 Å². The SMILES string of the molecule is CC(=O)c1sccc1NC(=O)c1ccc(-c2ccccc2C)cc1. The topological polar surface area (TPSA) is 46.2 Å². The molecular formula is C20H17NO2S. The zero-order chi connectivity index (χ0) is 17.1. The number of ketones is 1. The van der Waals surface area contributed by atoms with Crippen molar-refractivity contribution in [1.82, 2.24) is 0 Å². The van der Waals surface area contributed by atoms with Crippen LogP contribution in [0, 0.1) is 6.92 Å². The Bertz CT molecular complexity index is 894. The van der Waals surface area contributed by atoms with Crippen LogP contribution in [-0.2, 0) is 0 Å². The van der Waals surface area contributed by atoms with Gasteiger partial charge in [-0.05, 0) is 47.2 Å². The number of aryl methyl sites for hydroxylation is 1. The first-order valence-corrected chi connectivity index (χ1v) is 8.50. The molecular weight excluding hydrogens is 318 g/mol. The maximum absolute atomic E-state index is 12.4. The number of carbonyl (C=O) groups excluding carboxylic acids is 2. The first-order chi connectivity index (χ1) is 11.6. The molecule has 3 aromatic rings. The standard InChI is InChI=1S/C20H17NO2S/c1-13-5-3-4-6-17(13)15-7-9-16(10-8-15)20(23)21-18-11-12-24-19(18)14(2)22/h3-12H,1-2H3,(H,21,23). The number of thiophene rings is 1. The third-order valence-electron chi connectivity index (χ3n) is 3.84. The summed E-state index contributed by atoms with van der Waals surface area (Å²) in [4.78, 5) is 24.5. The van der Waals surface area contributed by atoms with Crippen molar-refractivity contribution in [3.05, 3.63) is 76.0 Å². The van der Waals surface area contributed by atoms with Gasteiger partial charge in [-0.1, -0.05) is 36.4 Å². The van der Waals surface area contributed by atoms with Gasteiger partial charge in [0, 0.05) is 12.5 Å². The quantitative estimate of drug-likeness (QED) is 0.668. The van der Waals surface area contributed by atoms with Crippen LogP contribution in [0.1, 0.15) is 32.5 Å². The van der Waals surface area contributed by atoms with Crippen molar-refractivity contribution in [3.63, 3.8) is 0 Å². The third-order valence-corrected chi connectivity index (χ3v) is 4.85. The summed E-state index contributed by atoms with van der Waals surface area (Å²) in [5.41, 5.74) is 4.55. The molecule has 4 heteroatoms. The molecule has 0 aliphatic rings. The van der Waals surface area contributed by atoms with E-state index in [0.29, 0.717) is 16.1 Å². The van der Waals surface area contributed by atoms with Gasteiger partial charge < -0.3 is 5.32 Å². The minimum Gasteiger partial charge on any atom is -0.321 e. The number of nitrogens with one attached hydrogen (secondary N) is 1. The van der Waals surface area contributed by atoms with Gasteiger partial charge in [0.1, 0.15) is 0 Å². The number of hydrogen-bond acceptors (Lipinski definition) is 3. The molecule has 0 aliphatic heterocycles. The van der Waals surface area contributed by atoms with Crippen molar-refractivity contribution in [1.29, 1.82) is 0 Å². The highest BCUT2D eigenvalue weighted by Gasteiger charge is 2.13. The Morgan fingerprint density at radius 2 is 1.67 bits per heavy atom. The monoisotopic (exact) mass is 335 g/mol.